The van der Waals surface area contributed by atoms with Gasteiger partial charge in [0.2, 0.25) is 0 Å². The number of nitrogen functional groups attached to an aromatic ring is 1. The minimum atomic E-state index is -3.37. The molecule has 0 saturated carbocycles. The van der Waals surface area contributed by atoms with E-state index < -0.39 is 9.84 Å². The molecule has 0 saturated heterocycles. The summed E-state index contributed by atoms with van der Waals surface area (Å²) in [5, 5.41) is 4.14. The summed E-state index contributed by atoms with van der Waals surface area (Å²) in [4.78, 5) is 0.167. The summed E-state index contributed by atoms with van der Waals surface area (Å²) in [6, 6.07) is 5.07. The Hall–Kier alpha value is -1.82. The van der Waals surface area contributed by atoms with E-state index >= 15 is 0 Å². The molecule has 0 aliphatic carbocycles. The Morgan fingerprint density at radius 3 is 2.67 bits per heavy atom. The molecule has 0 amide bonds. The highest BCUT2D eigenvalue weighted by atomic mass is 32.2. The molecule has 0 radical (unpaired) electrons. The van der Waals surface area contributed by atoms with Crippen LogP contribution in [0, 0.1) is 0 Å². The van der Waals surface area contributed by atoms with E-state index in [0.29, 0.717) is 5.56 Å². The maximum atomic E-state index is 11.8. The maximum Gasteiger partial charge on any atom is 0.178 e. The molecule has 6 heteroatoms. The summed E-state index contributed by atoms with van der Waals surface area (Å²) >= 11 is 0. The minimum Gasteiger partial charge on any atom is -0.398 e. The smallest absolute Gasteiger partial charge is 0.178 e. The lowest BCUT2D eigenvalue weighted by atomic mass is 10.1. The van der Waals surface area contributed by atoms with Crippen LogP contribution in [0.25, 0.3) is 11.1 Å². The summed E-state index contributed by atoms with van der Waals surface area (Å²) in [6.45, 7) is 2.70. The lowest BCUT2D eigenvalue weighted by molar-refractivity contribution is 0.602. The van der Waals surface area contributed by atoms with Gasteiger partial charge in [0.15, 0.2) is 9.84 Å². The average molecular weight is 265 g/mol. The minimum absolute atomic E-state index is 0.167. The quantitative estimate of drug-likeness (QED) is 0.854. The molecule has 5 nitrogen and oxygen atoms in total. The molecule has 1 heterocycles. The predicted octanol–water partition coefficient (Wildman–Crippen LogP) is 1.56. The number of rotatable bonds is 3. The summed E-state index contributed by atoms with van der Waals surface area (Å²) in [5.74, 6) is 0. The summed E-state index contributed by atoms with van der Waals surface area (Å²) in [7, 11) is -3.37. The monoisotopic (exact) mass is 265 g/mol. The largest absolute Gasteiger partial charge is 0.398 e. The van der Waals surface area contributed by atoms with E-state index in [4.69, 9.17) is 5.73 Å². The van der Waals surface area contributed by atoms with Crippen LogP contribution in [0.4, 0.5) is 5.69 Å². The molecule has 0 fully saturated rings. The Morgan fingerprint density at radius 1 is 1.39 bits per heavy atom. The van der Waals surface area contributed by atoms with Gasteiger partial charge in [0.05, 0.1) is 16.8 Å². The topological polar surface area (TPSA) is 78.0 Å². The molecule has 0 aliphatic heterocycles. The number of anilines is 1. The number of hydrogen-bond acceptors (Lipinski definition) is 4. The number of benzene rings is 1. The second-order valence-corrected chi connectivity index (χ2v) is 6.03. The molecule has 0 spiro atoms. The third kappa shape index (κ3) is 2.24. The normalized spacial score (nSPS) is 11.7. The van der Waals surface area contributed by atoms with Crippen molar-refractivity contribution in [3.05, 3.63) is 30.6 Å². The second-order valence-electron chi connectivity index (χ2n) is 4.08. The van der Waals surface area contributed by atoms with Gasteiger partial charge in [0.25, 0.3) is 0 Å². The average Bonchev–Trinajstić information content (AvgIpc) is 2.75. The van der Waals surface area contributed by atoms with Crippen molar-refractivity contribution >= 4 is 15.5 Å². The Labute approximate surface area is 106 Å². The highest BCUT2D eigenvalue weighted by Crippen LogP contribution is 2.31. The van der Waals surface area contributed by atoms with Gasteiger partial charge in [-0.05, 0) is 13.0 Å². The highest BCUT2D eigenvalue weighted by molar-refractivity contribution is 7.91. The van der Waals surface area contributed by atoms with Gasteiger partial charge in [0.1, 0.15) is 0 Å². The molecule has 2 rings (SSSR count). The Balaban J connectivity index is 2.68. The van der Waals surface area contributed by atoms with Crippen LogP contribution in [-0.4, -0.2) is 24.5 Å². The zero-order valence-corrected chi connectivity index (χ0v) is 11.1. The fraction of sp³-hybridized carbons (Fsp3) is 0.250. The molecule has 2 N–H and O–H groups in total. The van der Waals surface area contributed by atoms with Crippen molar-refractivity contribution in [2.24, 2.45) is 0 Å². The van der Waals surface area contributed by atoms with Crippen molar-refractivity contribution in [3.63, 3.8) is 0 Å². The van der Waals surface area contributed by atoms with Crippen LogP contribution < -0.4 is 5.73 Å². The molecule has 0 bridgehead atoms. The zero-order valence-electron chi connectivity index (χ0n) is 10.3. The van der Waals surface area contributed by atoms with Gasteiger partial charge in [0, 0.05) is 30.1 Å². The molecule has 1 aromatic heterocycles. The van der Waals surface area contributed by atoms with E-state index in [1.807, 2.05) is 13.1 Å². The van der Waals surface area contributed by atoms with E-state index in [1.165, 1.54) is 0 Å². The Bertz CT molecular complexity index is 674. The SMILES string of the molecule is CCn1cc(-c2cccc(N)c2S(C)(=O)=O)cn1. The Kier molecular flexibility index (Phi) is 3.13. The third-order valence-corrected chi connectivity index (χ3v) is 3.88. The summed E-state index contributed by atoms with van der Waals surface area (Å²) < 4.78 is 25.4. The number of sulfone groups is 1. The molecule has 2 aromatic rings. The molecular formula is C12H15N3O2S. The maximum absolute atomic E-state index is 11.8. The fourth-order valence-corrected chi connectivity index (χ4v) is 2.95. The first kappa shape index (κ1) is 12.6. The van der Waals surface area contributed by atoms with Crippen LogP contribution in [0.2, 0.25) is 0 Å². The molecule has 0 aliphatic rings. The van der Waals surface area contributed by atoms with Gasteiger partial charge in [-0.3, -0.25) is 4.68 Å². The number of aryl methyl sites for hydroxylation is 1. The molecule has 96 valence electrons. The summed E-state index contributed by atoms with van der Waals surface area (Å²) in [5.41, 5.74) is 7.39. The lowest BCUT2D eigenvalue weighted by Gasteiger charge is -2.08. The number of nitrogens with zero attached hydrogens (tertiary/aromatic N) is 2. The van der Waals surface area contributed by atoms with Crippen LogP contribution in [-0.2, 0) is 16.4 Å². The van der Waals surface area contributed by atoms with Crippen LogP contribution in [0.1, 0.15) is 6.92 Å². The molecule has 1 aromatic carbocycles. The first-order valence-electron chi connectivity index (χ1n) is 5.55. The zero-order chi connectivity index (χ0) is 13.3. The number of nitrogens with two attached hydrogens (primary N) is 1. The molecule has 18 heavy (non-hydrogen) atoms. The predicted molar refractivity (Wildman–Crippen MR) is 70.9 cm³/mol. The van der Waals surface area contributed by atoms with E-state index in [9.17, 15) is 8.42 Å². The molecule has 0 unspecified atom stereocenters. The van der Waals surface area contributed by atoms with Gasteiger partial charge in [-0.15, -0.1) is 0 Å². The lowest BCUT2D eigenvalue weighted by Crippen LogP contribution is -2.04. The highest BCUT2D eigenvalue weighted by Gasteiger charge is 2.18. The van der Waals surface area contributed by atoms with Crippen molar-refractivity contribution < 1.29 is 8.42 Å². The van der Waals surface area contributed by atoms with Crippen LogP contribution in [0.15, 0.2) is 35.5 Å². The number of hydrogen-bond donors (Lipinski definition) is 1. The van der Waals surface area contributed by atoms with Gasteiger partial charge >= 0.3 is 0 Å². The van der Waals surface area contributed by atoms with Gasteiger partial charge in [-0.25, -0.2) is 8.42 Å². The first-order valence-corrected chi connectivity index (χ1v) is 7.44. The molecule has 0 atom stereocenters. The standard InChI is InChI=1S/C12H15N3O2S/c1-3-15-8-9(7-14-15)10-5-4-6-11(13)12(10)18(2,16)17/h4-8H,3,13H2,1-2H3. The first-order chi connectivity index (χ1) is 8.43. The van der Waals surface area contributed by atoms with E-state index in [2.05, 4.69) is 5.10 Å². The van der Waals surface area contributed by atoms with Crippen LogP contribution in [0.3, 0.4) is 0 Å². The second kappa shape index (κ2) is 4.45. The van der Waals surface area contributed by atoms with Crippen molar-refractivity contribution in [2.45, 2.75) is 18.4 Å². The van der Waals surface area contributed by atoms with Crippen molar-refractivity contribution in [2.75, 3.05) is 12.0 Å². The van der Waals surface area contributed by atoms with Gasteiger partial charge in [-0.2, -0.15) is 5.10 Å². The number of aromatic nitrogens is 2. The van der Waals surface area contributed by atoms with Gasteiger partial charge < -0.3 is 5.73 Å². The van der Waals surface area contributed by atoms with Crippen molar-refractivity contribution in [1.29, 1.82) is 0 Å². The van der Waals surface area contributed by atoms with E-state index in [1.54, 1.807) is 29.1 Å². The summed E-state index contributed by atoms with van der Waals surface area (Å²) in [6.07, 6.45) is 4.61. The Morgan fingerprint density at radius 2 is 2.11 bits per heavy atom. The van der Waals surface area contributed by atoms with E-state index in [-0.39, 0.29) is 10.6 Å². The van der Waals surface area contributed by atoms with Crippen LogP contribution in [0.5, 0.6) is 0 Å². The van der Waals surface area contributed by atoms with E-state index in [0.717, 1.165) is 18.4 Å². The van der Waals surface area contributed by atoms with Gasteiger partial charge in [-0.1, -0.05) is 12.1 Å². The van der Waals surface area contributed by atoms with Crippen LogP contribution >= 0.6 is 0 Å². The fourth-order valence-electron chi connectivity index (χ4n) is 1.87. The molecular weight excluding hydrogens is 250 g/mol. The third-order valence-electron chi connectivity index (χ3n) is 2.68. The van der Waals surface area contributed by atoms with Crippen molar-refractivity contribution in [3.8, 4) is 11.1 Å². The van der Waals surface area contributed by atoms with Crippen molar-refractivity contribution in [1.82, 2.24) is 9.78 Å².